The maximum Gasteiger partial charge on any atom is 0.242 e. The second kappa shape index (κ2) is 9.71. The summed E-state index contributed by atoms with van der Waals surface area (Å²) in [6.07, 6.45) is 5.26. The highest BCUT2D eigenvalue weighted by Crippen LogP contribution is 2.31. The number of benzene rings is 1. The first kappa shape index (κ1) is 21.0. The SMILES string of the molecule is O=C(CCc1ccc(O)cc1)NCCOC[C@@H]1CC[C@H](n2cnc3c(O)ncnc32)O1. The van der Waals surface area contributed by atoms with Crippen LogP contribution < -0.4 is 5.32 Å². The van der Waals surface area contributed by atoms with Crippen molar-refractivity contribution in [3.05, 3.63) is 42.5 Å². The molecule has 3 aromatic rings. The van der Waals surface area contributed by atoms with E-state index in [9.17, 15) is 15.0 Å². The van der Waals surface area contributed by atoms with Crippen molar-refractivity contribution in [2.24, 2.45) is 0 Å². The summed E-state index contributed by atoms with van der Waals surface area (Å²) < 4.78 is 13.5. The van der Waals surface area contributed by atoms with Gasteiger partial charge in [0, 0.05) is 13.0 Å². The minimum absolute atomic E-state index is 0.0360. The zero-order valence-corrected chi connectivity index (χ0v) is 17.0. The van der Waals surface area contributed by atoms with Gasteiger partial charge in [0.2, 0.25) is 11.8 Å². The highest BCUT2D eigenvalue weighted by atomic mass is 16.5. The standard InChI is InChI=1S/C21H25N5O5/c27-15-4-1-14(2-5-15)3-7-17(28)22-9-10-30-11-16-6-8-18(31-16)26-13-25-19-20(26)23-12-24-21(19)29/h1-2,4-5,12-13,16,18,27H,3,6-11H2,(H,22,28)(H,23,24,29)/t16-,18+/m0/s1. The normalized spacial score (nSPS) is 18.5. The Morgan fingerprint density at radius 3 is 2.87 bits per heavy atom. The molecule has 0 spiro atoms. The van der Waals surface area contributed by atoms with E-state index in [0.717, 1.165) is 18.4 Å². The van der Waals surface area contributed by atoms with Gasteiger partial charge in [-0.05, 0) is 37.0 Å². The molecule has 1 aliphatic heterocycles. The molecule has 10 heteroatoms. The van der Waals surface area contributed by atoms with E-state index in [0.29, 0.717) is 43.8 Å². The number of amides is 1. The molecule has 1 aromatic carbocycles. The number of nitrogens with one attached hydrogen (secondary N) is 1. The molecule has 31 heavy (non-hydrogen) atoms. The summed E-state index contributed by atoms with van der Waals surface area (Å²) in [7, 11) is 0. The molecule has 1 fully saturated rings. The summed E-state index contributed by atoms with van der Waals surface area (Å²) in [5, 5.41) is 21.9. The third-order valence-corrected chi connectivity index (χ3v) is 5.18. The van der Waals surface area contributed by atoms with Crippen molar-refractivity contribution in [3.63, 3.8) is 0 Å². The largest absolute Gasteiger partial charge is 0.508 e. The zero-order valence-electron chi connectivity index (χ0n) is 17.0. The van der Waals surface area contributed by atoms with Gasteiger partial charge < -0.3 is 25.0 Å². The predicted octanol–water partition coefficient (Wildman–Crippen LogP) is 1.68. The van der Waals surface area contributed by atoms with E-state index in [2.05, 4.69) is 20.3 Å². The Morgan fingerprint density at radius 1 is 1.19 bits per heavy atom. The van der Waals surface area contributed by atoms with E-state index < -0.39 is 0 Å². The van der Waals surface area contributed by atoms with E-state index in [-0.39, 0.29) is 29.9 Å². The number of phenols is 1. The van der Waals surface area contributed by atoms with Gasteiger partial charge in [-0.1, -0.05) is 12.1 Å². The monoisotopic (exact) mass is 427 g/mol. The molecule has 0 saturated carbocycles. The number of carbonyl (C=O) groups is 1. The number of phenolic OH excluding ortho intramolecular Hbond substituents is 1. The average molecular weight is 427 g/mol. The first-order valence-corrected chi connectivity index (χ1v) is 10.2. The van der Waals surface area contributed by atoms with Crippen molar-refractivity contribution in [1.29, 1.82) is 0 Å². The Morgan fingerprint density at radius 2 is 2.03 bits per heavy atom. The van der Waals surface area contributed by atoms with Crippen LogP contribution in [0.25, 0.3) is 11.2 Å². The Labute approximate surface area is 178 Å². The molecule has 3 heterocycles. The molecule has 1 aliphatic rings. The van der Waals surface area contributed by atoms with E-state index in [4.69, 9.17) is 9.47 Å². The average Bonchev–Trinajstić information content (AvgIpc) is 3.41. The second-order valence-corrected chi connectivity index (χ2v) is 7.40. The van der Waals surface area contributed by atoms with Crippen LogP contribution >= 0.6 is 0 Å². The van der Waals surface area contributed by atoms with Crippen molar-refractivity contribution in [2.75, 3.05) is 19.8 Å². The van der Waals surface area contributed by atoms with Crippen LogP contribution in [0, 0.1) is 0 Å². The van der Waals surface area contributed by atoms with E-state index in [1.165, 1.54) is 6.33 Å². The minimum Gasteiger partial charge on any atom is -0.508 e. The molecule has 164 valence electrons. The number of hydrogen-bond donors (Lipinski definition) is 3. The first-order valence-electron chi connectivity index (χ1n) is 10.2. The van der Waals surface area contributed by atoms with Gasteiger partial charge in [0.15, 0.2) is 11.2 Å². The molecular formula is C21H25N5O5. The third kappa shape index (κ3) is 5.28. The number of hydrogen-bond acceptors (Lipinski definition) is 8. The van der Waals surface area contributed by atoms with Crippen LogP contribution in [0.4, 0.5) is 0 Å². The zero-order chi connectivity index (χ0) is 21.6. The number of fused-ring (bicyclic) bond motifs is 1. The fraction of sp³-hybridized carbons (Fsp3) is 0.429. The van der Waals surface area contributed by atoms with Crippen LogP contribution in [0.3, 0.4) is 0 Å². The molecule has 2 atom stereocenters. The number of rotatable bonds is 9. The predicted molar refractivity (Wildman–Crippen MR) is 110 cm³/mol. The Balaban J connectivity index is 1.13. The molecule has 0 bridgehead atoms. The molecule has 1 saturated heterocycles. The van der Waals surface area contributed by atoms with Gasteiger partial charge in [-0.15, -0.1) is 0 Å². The van der Waals surface area contributed by atoms with Gasteiger partial charge in [0.05, 0.1) is 25.6 Å². The molecule has 3 N–H and O–H groups in total. The topological polar surface area (TPSA) is 132 Å². The van der Waals surface area contributed by atoms with Crippen LogP contribution in [0.15, 0.2) is 36.9 Å². The second-order valence-electron chi connectivity index (χ2n) is 7.40. The molecule has 2 aromatic heterocycles. The Kier molecular flexibility index (Phi) is 6.58. The van der Waals surface area contributed by atoms with Gasteiger partial charge in [0.1, 0.15) is 18.3 Å². The summed E-state index contributed by atoms with van der Waals surface area (Å²) in [4.78, 5) is 24.0. The lowest BCUT2D eigenvalue weighted by Gasteiger charge is -2.15. The van der Waals surface area contributed by atoms with Crippen LogP contribution in [-0.2, 0) is 20.7 Å². The fourth-order valence-corrected chi connectivity index (χ4v) is 3.55. The molecule has 1 amide bonds. The van der Waals surface area contributed by atoms with Crippen molar-refractivity contribution < 1.29 is 24.5 Å². The van der Waals surface area contributed by atoms with Gasteiger partial charge in [-0.2, -0.15) is 4.98 Å². The molecular weight excluding hydrogens is 402 g/mol. The van der Waals surface area contributed by atoms with Crippen LogP contribution in [-0.4, -0.2) is 61.5 Å². The summed E-state index contributed by atoms with van der Waals surface area (Å²) >= 11 is 0. The Hall–Kier alpha value is -3.24. The van der Waals surface area contributed by atoms with Gasteiger partial charge in [0.25, 0.3) is 0 Å². The lowest BCUT2D eigenvalue weighted by atomic mass is 10.1. The van der Waals surface area contributed by atoms with E-state index in [1.807, 2.05) is 12.1 Å². The summed E-state index contributed by atoms with van der Waals surface area (Å²) in [6.45, 7) is 1.28. The van der Waals surface area contributed by atoms with E-state index >= 15 is 0 Å². The number of aromatic nitrogens is 4. The molecule has 10 nitrogen and oxygen atoms in total. The van der Waals surface area contributed by atoms with Gasteiger partial charge >= 0.3 is 0 Å². The maximum atomic E-state index is 11.9. The number of aryl methyl sites for hydroxylation is 1. The quantitative estimate of drug-likeness (QED) is 0.440. The number of carbonyl (C=O) groups excluding carboxylic acids is 1. The van der Waals surface area contributed by atoms with E-state index in [1.54, 1.807) is 23.0 Å². The maximum absolute atomic E-state index is 11.9. The number of nitrogens with zero attached hydrogens (tertiary/aromatic N) is 4. The first-order chi connectivity index (χ1) is 15.1. The highest BCUT2D eigenvalue weighted by molar-refractivity contribution is 5.76. The van der Waals surface area contributed by atoms with Crippen molar-refractivity contribution in [3.8, 4) is 11.6 Å². The van der Waals surface area contributed by atoms with Gasteiger partial charge in [-0.25, -0.2) is 9.97 Å². The molecule has 4 rings (SSSR count). The Bertz CT molecular complexity index is 1020. The summed E-state index contributed by atoms with van der Waals surface area (Å²) in [5.74, 6) is 0.0346. The minimum atomic E-state index is -0.215. The van der Waals surface area contributed by atoms with Crippen LogP contribution in [0.1, 0.15) is 31.1 Å². The van der Waals surface area contributed by atoms with Crippen molar-refractivity contribution >= 4 is 17.1 Å². The third-order valence-electron chi connectivity index (χ3n) is 5.18. The number of aromatic hydroxyl groups is 2. The molecule has 0 aliphatic carbocycles. The molecule has 0 unspecified atom stereocenters. The van der Waals surface area contributed by atoms with Crippen molar-refractivity contribution in [1.82, 2.24) is 24.8 Å². The summed E-state index contributed by atoms with van der Waals surface area (Å²) in [5.41, 5.74) is 1.89. The fourth-order valence-electron chi connectivity index (χ4n) is 3.55. The lowest BCUT2D eigenvalue weighted by Crippen LogP contribution is -2.28. The lowest BCUT2D eigenvalue weighted by molar-refractivity contribution is -0.121. The number of imidazole rings is 1. The smallest absolute Gasteiger partial charge is 0.242 e. The molecule has 0 radical (unpaired) electrons. The van der Waals surface area contributed by atoms with Crippen LogP contribution in [0.2, 0.25) is 0 Å². The van der Waals surface area contributed by atoms with Gasteiger partial charge in [-0.3, -0.25) is 9.36 Å². The highest BCUT2D eigenvalue weighted by Gasteiger charge is 2.28. The van der Waals surface area contributed by atoms with Crippen LogP contribution in [0.5, 0.6) is 11.6 Å². The number of ether oxygens (including phenoxy) is 2. The van der Waals surface area contributed by atoms with Crippen molar-refractivity contribution in [2.45, 2.75) is 38.0 Å². The summed E-state index contributed by atoms with van der Waals surface area (Å²) in [6, 6.07) is 6.85.